The molecule has 0 N–H and O–H groups in total. The van der Waals surface area contributed by atoms with Crippen LogP contribution in [0.4, 0.5) is 0 Å². The highest BCUT2D eigenvalue weighted by atomic mass is 79.9. The molecular weight excluding hydrogens is 354 g/mol. The minimum Gasteiger partial charge on any atom is -0.246 e. The van der Waals surface area contributed by atoms with Crippen molar-refractivity contribution in [3.05, 3.63) is 33.1 Å². The summed E-state index contributed by atoms with van der Waals surface area (Å²) in [4.78, 5) is 24.5. The molecule has 4 rings (SSSR count). The van der Waals surface area contributed by atoms with Crippen molar-refractivity contribution < 1.29 is 0 Å². The van der Waals surface area contributed by atoms with Crippen LogP contribution in [0.5, 0.6) is 0 Å². The van der Waals surface area contributed by atoms with Crippen molar-refractivity contribution in [1.29, 1.82) is 0 Å². The topological polar surface area (TPSA) is 48.9 Å². The molecule has 0 radical (unpaired) electrons. The number of hydrogen-bond donors (Lipinski definition) is 0. The molecule has 4 atom stereocenters. The van der Waals surface area contributed by atoms with Crippen LogP contribution in [0.15, 0.2) is 21.7 Å². The van der Waals surface area contributed by atoms with Gasteiger partial charge in [0.25, 0.3) is 0 Å². The Balaban J connectivity index is 2.35. The molecule has 1 aliphatic carbocycles. The number of fused-ring (bicyclic) bond motifs is 1. The van der Waals surface area contributed by atoms with Gasteiger partial charge >= 0.3 is 11.4 Å². The van der Waals surface area contributed by atoms with E-state index < -0.39 is 0 Å². The fraction of sp³-hybridized carbons (Fsp3) is 0.600. The summed E-state index contributed by atoms with van der Waals surface area (Å²) in [5.74, 6) is 0. The van der Waals surface area contributed by atoms with Crippen LogP contribution in [-0.2, 0) is 6.54 Å². The van der Waals surface area contributed by atoms with E-state index in [1.807, 2.05) is 19.1 Å². The highest BCUT2D eigenvalue weighted by molar-refractivity contribution is 9.12. The molecule has 0 amide bonds. The van der Waals surface area contributed by atoms with Crippen molar-refractivity contribution in [3.8, 4) is 0 Å². The summed E-state index contributed by atoms with van der Waals surface area (Å²) in [7, 11) is 0. The van der Waals surface area contributed by atoms with E-state index >= 15 is 0 Å². The van der Waals surface area contributed by atoms with Crippen molar-refractivity contribution in [2.75, 3.05) is 0 Å². The van der Waals surface area contributed by atoms with Gasteiger partial charge in [-0.2, -0.15) is 0 Å². The summed E-state index contributed by atoms with van der Waals surface area (Å²) in [6.45, 7) is 2.21. The number of nitrogens with zero attached hydrogens (tertiary/aromatic N) is 3. The second-order valence-electron chi connectivity index (χ2n) is 4.25. The van der Waals surface area contributed by atoms with Gasteiger partial charge in [-0.15, -0.1) is 0 Å². The number of alkyl halides is 2. The molecule has 3 aliphatic rings. The first-order chi connectivity index (χ1) is 8.07. The second kappa shape index (κ2) is 3.71. The zero-order valence-electron chi connectivity index (χ0n) is 9.09. The van der Waals surface area contributed by atoms with E-state index in [4.69, 9.17) is 0 Å². The van der Waals surface area contributed by atoms with Crippen LogP contribution in [0, 0.1) is 0 Å². The summed E-state index contributed by atoms with van der Waals surface area (Å²) in [6, 6.07) is -0.199. The Kier molecular flexibility index (Phi) is 2.52. The summed E-state index contributed by atoms with van der Waals surface area (Å²) in [5, 5.41) is 0. The maximum atomic E-state index is 12.1. The van der Waals surface area contributed by atoms with Crippen molar-refractivity contribution >= 4 is 31.9 Å². The number of halogens is 2. The molecule has 2 bridgehead atoms. The predicted octanol–water partition coefficient (Wildman–Crippen LogP) is 1.02. The number of allylic oxidation sites excluding steroid dienone is 2. The summed E-state index contributed by atoms with van der Waals surface area (Å²) >= 11 is 7.18. The molecule has 7 heteroatoms. The van der Waals surface area contributed by atoms with E-state index in [0.717, 1.165) is 0 Å². The zero-order valence-corrected chi connectivity index (χ0v) is 12.3. The standard InChI is InChI=1S/C10H11Br2N3O2/c1-2-13-9(16)14-5-3-4-6(8(12)7(5)11)15(14)10(13)17/h3-8H,2H2,1H3/t5-,6+,7+,8-. The zero-order chi connectivity index (χ0) is 12.3. The summed E-state index contributed by atoms with van der Waals surface area (Å²) in [6.07, 6.45) is 3.98. The first-order valence-electron chi connectivity index (χ1n) is 5.48. The van der Waals surface area contributed by atoms with Gasteiger partial charge in [0, 0.05) is 6.54 Å². The van der Waals surface area contributed by atoms with E-state index in [1.165, 1.54) is 4.57 Å². The third-order valence-corrected chi connectivity index (χ3v) is 6.36. The minimum absolute atomic E-state index is 0.0997. The molecule has 0 fully saturated rings. The molecule has 5 nitrogen and oxygen atoms in total. The highest BCUT2D eigenvalue weighted by Gasteiger charge is 2.44. The van der Waals surface area contributed by atoms with Crippen LogP contribution < -0.4 is 11.4 Å². The van der Waals surface area contributed by atoms with Crippen LogP contribution in [0.3, 0.4) is 0 Å². The van der Waals surface area contributed by atoms with Crippen molar-refractivity contribution in [2.45, 2.75) is 35.2 Å². The van der Waals surface area contributed by atoms with E-state index in [9.17, 15) is 9.59 Å². The monoisotopic (exact) mass is 363 g/mol. The Morgan fingerprint density at radius 1 is 1.06 bits per heavy atom. The van der Waals surface area contributed by atoms with E-state index in [1.54, 1.807) is 9.36 Å². The summed E-state index contributed by atoms with van der Waals surface area (Å²) in [5.41, 5.74) is -0.443. The lowest BCUT2D eigenvalue weighted by molar-refractivity contribution is 0.278. The Labute approximate surface area is 114 Å². The normalized spacial score (nSPS) is 34.1. The van der Waals surface area contributed by atoms with Gasteiger partial charge in [0.05, 0.1) is 21.7 Å². The largest absolute Gasteiger partial charge is 0.347 e. The fourth-order valence-electron chi connectivity index (χ4n) is 2.58. The lowest BCUT2D eigenvalue weighted by Gasteiger charge is -2.40. The molecular formula is C10H11Br2N3O2. The first-order valence-corrected chi connectivity index (χ1v) is 7.31. The average molecular weight is 365 g/mol. The van der Waals surface area contributed by atoms with Gasteiger partial charge in [0.15, 0.2) is 0 Å². The van der Waals surface area contributed by atoms with Gasteiger partial charge in [0.1, 0.15) is 0 Å². The van der Waals surface area contributed by atoms with Crippen LogP contribution in [0.2, 0.25) is 0 Å². The third kappa shape index (κ3) is 1.29. The molecule has 3 heterocycles. The lowest BCUT2D eigenvalue weighted by Crippen LogP contribution is -2.50. The smallest absolute Gasteiger partial charge is 0.246 e. The van der Waals surface area contributed by atoms with Crippen LogP contribution in [0.1, 0.15) is 19.0 Å². The van der Waals surface area contributed by atoms with Gasteiger partial charge in [-0.05, 0) is 6.92 Å². The predicted molar refractivity (Wildman–Crippen MR) is 71.3 cm³/mol. The Bertz CT molecular complexity index is 563. The maximum Gasteiger partial charge on any atom is 0.347 e. The van der Waals surface area contributed by atoms with Crippen LogP contribution in [-0.4, -0.2) is 23.6 Å². The SMILES string of the molecule is CCn1c(=O)n2n(c1=O)[C@H]1C=C[C@@H]2[C@H](Br)[C@@H]1Br. The average Bonchev–Trinajstić information content (AvgIpc) is 2.58. The summed E-state index contributed by atoms with van der Waals surface area (Å²) < 4.78 is 4.40. The molecule has 0 unspecified atom stereocenters. The highest BCUT2D eigenvalue weighted by Crippen LogP contribution is 2.41. The Morgan fingerprint density at radius 2 is 1.47 bits per heavy atom. The molecule has 0 saturated heterocycles. The fourth-order valence-corrected chi connectivity index (χ4v) is 4.00. The van der Waals surface area contributed by atoms with Crippen molar-refractivity contribution in [2.24, 2.45) is 0 Å². The van der Waals surface area contributed by atoms with E-state index in [0.29, 0.717) is 6.54 Å². The van der Waals surface area contributed by atoms with Gasteiger partial charge in [-0.25, -0.2) is 23.5 Å². The molecule has 1 aromatic heterocycles. The molecule has 0 saturated carbocycles. The molecule has 0 spiro atoms. The van der Waals surface area contributed by atoms with Crippen LogP contribution >= 0.6 is 31.9 Å². The van der Waals surface area contributed by atoms with Gasteiger partial charge in [-0.1, -0.05) is 44.0 Å². The molecule has 0 aromatic carbocycles. The lowest BCUT2D eigenvalue weighted by atomic mass is 9.96. The minimum atomic E-state index is -0.222. The molecule has 17 heavy (non-hydrogen) atoms. The number of rotatable bonds is 1. The molecule has 92 valence electrons. The van der Waals surface area contributed by atoms with Gasteiger partial charge < -0.3 is 0 Å². The third-order valence-electron chi connectivity index (χ3n) is 3.43. The quantitative estimate of drug-likeness (QED) is 0.552. The Morgan fingerprint density at radius 3 is 1.82 bits per heavy atom. The van der Waals surface area contributed by atoms with Crippen molar-refractivity contribution in [1.82, 2.24) is 13.9 Å². The molecule has 1 aromatic rings. The first kappa shape index (κ1) is 11.5. The number of aromatic nitrogens is 3. The Hall–Kier alpha value is -0.560. The number of hydrogen-bond acceptors (Lipinski definition) is 2. The van der Waals surface area contributed by atoms with E-state index in [2.05, 4.69) is 31.9 Å². The van der Waals surface area contributed by atoms with Crippen molar-refractivity contribution in [3.63, 3.8) is 0 Å². The van der Waals surface area contributed by atoms with Gasteiger partial charge in [0.2, 0.25) is 0 Å². The van der Waals surface area contributed by atoms with Crippen LogP contribution in [0.25, 0.3) is 0 Å². The maximum absolute atomic E-state index is 12.1. The second-order valence-corrected chi connectivity index (χ2v) is 6.37. The van der Waals surface area contributed by atoms with Gasteiger partial charge in [-0.3, -0.25) is 0 Å². The van der Waals surface area contributed by atoms with E-state index in [-0.39, 0.29) is 33.1 Å². The molecule has 2 aliphatic heterocycles.